The van der Waals surface area contributed by atoms with Crippen molar-refractivity contribution in [1.82, 2.24) is 35.2 Å². The lowest BCUT2D eigenvalue weighted by atomic mass is 10.0. The number of fused-ring (bicyclic) bond motifs is 2. The number of hydrogen-bond donors (Lipinski definition) is 5. The first-order valence-corrected chi connectivity index (χ1v) is 13.3. The summed E-state index contributed by atoms with van der Waals surface area (Å²) in [6, 6.07) is 7.74. The van der Waals surface area contributed by atoms with Gasteiger partial charge < -0.3 is 35.3 Å². The largest absolute Gasteiger partial charge is 0.491 e. The van der Waals surface area contributed by atoms with Crippen LogP contribution in [0.25, 0.3) is 21.9 Å². The van der Waals surface area contributed by atoms with Crippen LogP contribution in [0, 0.1) is 0 Å². The monoisotopic (exact) mass is 569 g/mol. The van der Waals surface area contributed by atoms with Crippen LogP contribution in [0.15, 0.2) is 55.5 Å². The Hall–Kier alpha value is -5.53. The third kappa shape index (κ3) is 5.29. The minimum absolute atomic E-state index is 0.0162. The van der Waals surface area contributed by atoms with Crippen LogP contribution >= 0.6 is 0 Å². The average Bonchev–Trinajstić information content (AvgIpc) is 3.77. The number of aldehydes is 1. The number of H-pyrrole nitrogens is 2. The molecule has 1 aliphatic rings. The molecule has 14 nitrogen and oxygen atoms in total. The molecule has 2 atom stereocenters. The normalized spacial score (nSPS) is 15.5. The summed E-state index contributed by atoms with van der Waals surface area (Å²) in [4.78, 5) is 62.1. The molecule has 0 bridgehead atoms. The van der Waals surface area contributed by atoms with Crippen LogP contribution < -0.4 is 20.3 Å². The molecule has 2 amide bonds. The van der Waals surface area contributed by atoms with Gasteiger partial charge in [-0.05, 0) is 30.4 Å². The minimum atomic E-state index is -1.36. The van der Waals surface area contributed by atoms with Crippen molar-refractivity contribution in [3.8, 4) is 5.75 Å². The van der Waals surface area contributed by atoms with Gasteiger partial charge >= 0.3 is 6.09 Å². The van der Waals surface area contributed by atoms with E-state index in [4.69, 9.17) is 4.74 Å². The van der Waals surface area contributed by atoms with Crippen LogP contribution in [0.4, 0.5) is 16.3 Å². The fourth-order valence-corrected chi connectivity index (χ4v) is 5.35. The average molecular weight is 570 g/mol. The molecule has 42 heavy (non-hydrogen) atoms. The van der Waals surface area contributed by atoms with Gasteiger partial charge in [0.2, 0.25) is 5.91 Å². The molecule has 4 heterocycles. The van der Waals surface area contributed by atoms with E-state index in [-0.39, 0.29) is 23.7 Å². The molecule has 3 aromatic heterocycles. The Kier molecular flexibility index (Phi) is 7.32. The van der Waals surface area contributed by atoms with Gasteiger partial charge in [-0.3, -0.25) is 9.59 Å². The summed E-state index contributed by atoms with van der Waals surface area (Å²) in [7, 11) is 0. The Morgan fingerprint density at radius 2 is 2.07 bits per heavy atom. The molecule has 0 aliphatic carbocycles. The summed E-state index contributed by atoms with van der Waals surface area (Å²) in [5.41, 5.74) is 2.33. The van der Waals surface area contributed by atoms with E-state index in [1.165, 1.54) is 12.7 Å². The lowest BCUT2D eigenvalue weighted by Crippen LogP contribution is -2.44. The molecule has 1 fully saturated rings. The molecule has 6 rings (SSSR count). The number of nitrogens with zero attached hydrogens (tertiary/aromatic N) is 5. The summed E-state index contributed by atoms with van der Waals surface area (Å²) < 4.78 is 6.33. The molecule has 1 saturated heterocycles. The van der Waals surface area contributed by atoms with Crippen LogP contribution in [-0.2, 0) is 11.2 Å². The van der Waals surface area contributed by atoms with Crippen LogP contribution in [0.3, 0.4) is 0 Å². The third-order valence-electron chi connectivity index (χ3n) is 7.28. The van der Waals surface area contributed by atoms with Gasteiger partial charge in [0.15, 0.2) is 17.8 Å². The highest BCUT2D eigenvalue weighted by molar-refractivity contribution is 6.10. The maximum Gasteiger partial charge on any atom is 0.405 e. The highest BCUT2D eigenvalue weighted by atomic mass is 16.5. The number of anilines is 2. The standard InChI is InChI=1S/C28H27N9O5/c38-11-19-20(35-27(39)21(36-28(40)41)9-17-10-29-13-30-17)7-6-16-3-1-5-22(23(16)19)42-12-18-4-2-8-37(18)26-24-25(32-14-31-24)33-15-34-26/h1,3,5-7,10-11,13-15,18,21,36H,2,4,8-9,12H2,(H,29,30)(H,35,39)(H,40,41)(H,31,32,33,34)/t18-,21+/m1/s1. The summed E-state index contributed by atoms with van der Waals surface area (Å²) in [5, 5.41) is 15.5. The van der Waals surface area contributed by atoms with Crippen LogP contribution in [-0.4, -0.2) is 78.5 Å². The number of ether oxygens (including phenoxy) is 1. The third-order valence-corrected chi connectivity index (χ3v) is 7.28. The van der Waals surface area contributed by atoms with Crippen LogP contribution in [0.2, 0.25) is 0 Å². The molecule has 0 spiro atoms. The Morgan fingerprint density at radius 1 is 1.17 bits per heavy atom. The predicted molar refractivity (Wildman–Crippen MR) is 153 cm³/mol. The summed E-state index contributed by atoms with van der Waals surface area (Å²) in [6.07, 6.45) is 7.29. The van der Waals surface area contributed by atoms with Gasteiger partial charge in [-0.1, -0.05) is 18.2 Å². The van der Waals surface area contributed by atoms with E-state index < -0.39 is 18.0 Å². The van der Waals surface area contributed by atoms with E-state index in [1.54, 1.807) is 30.7 Å². The zero-order valence-corrected chi connectivity index (χ0v) is 22.3. The van der Waals surface area contributed by atoms with E-state index in [0.717, 1.165) is 30.6 Å². The van der Waals surface area contributed by atoms with Crippen molar-refractivity contribution in [3.63, 3.8) is 0 Å². The number of aromatic amines is 2. The second-order valence-electron chi connectivity index (χ2n) is 9.85. The van der Waals surface area contributed by atoms with Crippen LogP contribution in [0.5, 0.6) is 5.75 Å². The fourth-order valence-electron chi connectivity index (χ4n) is 5.35. The first kappa shape index (κ1) is 26.7. The second kappa shape index (κ2) is 11.5. The molecular formula is C28H27N9O5. The van der Waals surface area contributed by atoms with Gasteiger partial charge in [-0.15, -0.1) is 0 Å². The topological polar surface area (TPSA) is 191 Å². The smallest absolute Gasteiger partial charge is 0.405 e. The Bertz CT molecular complexity index is 1750. The van der Waals surface area contributed by atoms with E-state index in [1.807, 2.05) is 12.1 Å². The number of benzene rings is 2. The number of carboxylic acid groups (broad SMARTS) is 1. The van der Waals surface area contributed by atoms with Crippen molar-refractivity contribution in [1.29, 1.82) is 0 Å². The van der Waals surface area contributed by atoms with E-state index in [9.17, 15) is 19.5 Å². The molecule has 0 radical (unpaired) electrons. The molecular weight excluding hydrogens is 542 g/mol. The van der Waals surface area contributed by atoms with Crippen molar-refractivity contribution in [2.45, 2.75) is 31.3 Å². The molecule has 1 aliphatic heterocycles. The van der Waals surface area contributed by atoms with E-state index in [2.05, 4.69) is 45.4 Å². The Labute approximate surface area is 238 Å². The maximum absolute atomic E-state index is 13.2. The first-order chi connectivity index (χ1) is 20.5. The lowest BCUT2D eigenvalue weighted by Gasteiger charge is -2.26. The number of hydrogen-bond acceptors (Lipinski definition) is 9. The molecule has 5 N–H and O–H groups in total. The number of carbonyl (C=O) groups is 3. The van der Waals surface area contributed by atoms with Gasteiger partial charge in [0.25, 0.3) is 0 Å². The minimum Gasteiger partial charge on any atom is -0.491 e. The van der Waals surface area contributed by atoms with E-state index >= 15 is 0 Å². The Balaban J connectivity index is 1.25. The zero-order chi connectivity index (χ0) is 29.1. The molecule has 14 heteroatoms. The number of nitrogens with one attached hydrogen (secondary N) is 4. The molecule has 214 valence electrons. The second-order valence-corrected chi connectivity index (χ2v) is 9.85. The number of imidazole rings is 2. The lowest BCUT2D eigenvalue weighted by molar-refractivity contribution is -0.118. The summed E-state index contributed by atoms with van der Waals surface area (Å²) in [5.74, 6) is 0.600. The van der Waals surface area contributed by atoms with Gasteiger partial charge in [-0.25, -0.2) is 24.7 Å². The molecule has 2 aromatic carbocycles. The summed E-state index contributed by atoms with van der Waals surface area (Å²) >= 11 is 0. The fraction of sp³-hybridized carbons (Fsp3) is 0.250. The predicted octanol–water partition coefficient (Wildman–Crippen LogP) is 2.91. The zero-order valence-electron chi connectivity index (χ0n) is 22.3. The number of rotatable bonds is 10. The van der Waals surface area contributed by atoms with Gasteiger partial charge in [0.1, 0.15) is 30.2 Å². The van der Waals surface area contributed by atoms with Crippen molar-refractivity contribution in [2.75, 3.05) is 23.4 Å². The quantitative estimate of drug-likeness (QED) is 0.156. The highest BCUT2D eigenvalue weighted by Gasteiger charge is 2.29. The number of amides is 2. The SMILES string of the molecule is O=Cc1c(NC(=O)[C@H](Cc2c[nH]cn2)NC(=O)O)ccc2cccc(OC[C@H]3CCCN3c3ncnc4[nH]cnc34)c12. The van der Waals surface area contributed by atoms with E-state index in [0.29, 0.717) is 40.9 Å². The van der Waals surface area contributed by atoms with Gasteiger partial charge in [-0.2, -0.15) is 0 Å². The highest BCUT2D eigenvalue weighted by Crippen LogP contribution is 2.34. The maximum atomic E-state index is 13.2. The number of aromatic nitrogens is 6. The van der Waals surface area contributed by atoms with Gasteiger partial charge in [0.05, 0.1) is 30.1 Å². The number of carbonyl (C=O) groups excluding carboxylic acids is 2. The van der Waals surface area contributed by atoms with Gasteiger partial charge in [0, 0.05) is 30.1 Å². The van der Waals surface area contributed by atoms with Crippen molar-refractivity contribution in [2.24, 2.45) is 0 Å². The van der Waals surface area contributed by atoms with Crippen LogP contribution in [0.1, 0.15) is 28.9 Å². The van der Waals surface area contributed by atoms with Crippen molar-refractivity contribution >= 4 is 51.7 Å². The Morgan fingerprint density at radius 3 is 2.88 bits per heavy atom. The molecule has 0 saturated carbocycles. The van der Waals surface area contributed by atoms with Crippen molar-refractivity contribution in [3.05, 3.63) is 66.8 Å². The molecule has 0 unspecified atom stereocenters. The van der Waals surface area contributed by atoms with Crippen molar-refractivity contribution < 1.29 is 24.2 Å². The summed E-state index contributed by atoms with van der Waals surface area (Å²) in [6.45, 7) is 1.13. The first-order valence-electron chi connectivity index (χ1n) is 13.3. The molecule has 5 aromatic rings.